The number of rotatable bonds is 4. The summed E-state index contributed by atoms with van der Waals surface area (Å²) in [5.74, 6) is 0.514. The van der Waals surface area contributed by atoms with Crippen molar-refractivity contribution in [3.8, 4) is 0 Å². The minimum atomic E-state index is 0.514. The van der Waals surface area contributed by atoms with Crippen LogP contribution in [0.1, 0.15) is 30.7 Å². The Morgan fingerprint density at radius 3 is 3.06 bits per heavy atom. The second kappa shape index (κ2) is 5.25. The monoisotopic (exact) mass is 298 g/mol. The van der Waals surface area contributed by atoms with Crippen LogP contribution in [0.25, 0.3) is 10.2 Å². The van der Waals surface area contributed by atoms with Crippen LogP contribution in [0.5, 0.6) is 0 Å². The molecule has 1 heterocycles. The van der Waals surface area contributed by atoms with Gasteiger partial charge in [0.15, 0.2) is 0 Å². The van der Waals surface area contributed by atoms with E-state index in [4.69, 9.17) is 5.73 Å². The lowest BCUT2D eigenvalue weighted by molar-refractivity contribution is 0.638. The summed E-state index contributed by atoms with van der Waals surface area (Å²) in [6, 6.07) is 6.23. The van der Waals surface area contributed by atoms with E-state index < -0.39 is 0 Å². The fraction of sp³-hybridized carbons (Fsp3) is 0.417. The van der Waals surface area contributed by atoms with Crippen molar-refractivity contribution in [1.29, 1.82) is 0 Å². The maximum absolute atomic E-state index is 5.53. The zero-order valence-corrected chi connectivity index (χ0v) is 11.6. The third-order valence-electron chi connectivity index (χ3n) is 2.63. The van der Waals surface area contributed by atoms with E-state index in [-0.39, 0.29) is 0 Å². The number of thiazole rings is 1. The van der Waals surface area contributed by atoms with Crippen LogP contribution in [-0.4, -0.2) is 11.5 Å². The summed E-state index contributed by atoms with van der Waals surface area (Å²) in [6.45, 7) is 2.99. The zero-order chi connectivity index (χ0) is 11.5. The molecule has 1 aromatic carbocycles. The summed E-state index contributed by atoms with van der Waals surface area (Å²) in [5.41, 5.74) is 6.63. The van der Waals surface area contributed by atoms with Gasteiger partial charge in [0.1, 0.15) is 0 Å². The van der Waals surface area contributed by atoms with Crippen molar-refractivity contribution in [2.45, 2.75) is 25.7 Å². The van der Waals surface area contributed by atoms with Crippen molar-refractivity contribution >= 4 is 37.5 Å². The minimum absolute atomic E-state index is 0.514. The molecule has 0 amide bonds. The lowest BCUT2D eigenvalue weighted by atomic mass is 10.1. The number of nitrogens with two attached hydrogens (primary N) is 1. The first-order valence-electron chi connectivity index (χ1n) is 5.46. The molecule has 0 aliphatic rings. The molecule has 86 valence electrons. The molecule has 2 nitrogen and oxygen atoms in total. The van der Waals surface area contributed by atoms with Crippen LogP contribution in [-0.2, 0) is 0 Å². The van der Waals surface area contributed by atoms with Crippen molar-refractivity contribution in [1.82, 2.24) is 4.98 Å². The maximum Gasteiger partial charge on any atom is 0.0966 e. The van der Waals surface area contributed by atoms with Crippen molar-refractivity contribution in [2.24, 2.45) is 5.73 Å². The summed E-state index contributed by atoms with van der Waals surface area (Å²) < 4.78 is 2.37. The topological polar surface area (TPSA) is 38.9 Å². The van der Waals surface area contributed by atoms with E-state index in [1.165, 1.54) is 9.71 Å². The summed E-state index contributed by atoms with van der Waals surface area (Å²) in [4.78, 5) is 4.66. The van der Waals surface area contributed by atoms with E-state index in [0.717, 1.165) is 29.4 Å². The predicted octanol–water partition coefficient (Wildman–Crippen LogP) is 3.90. The van der Waals surface area contributed by atoms with E-state index in [1.54, 1.807) is 11.3 Å². The van der Waals surface area contributed by atoms with Gasteiger partial charge in [0.2, 0.25) is 0 Å². The average Bonchev–Trinajstić information content (AvgIpc) is 2.68. The van der Waals surface area contributed by atoms with Crippen LogP contribution in [0.15, 0.2) is 22.7 Å². The predicted molar refractivity (Wildman–Crippen MR) is 74.0 cm³/mol. The molecule has 0 aliphatic carbocycles. The Hall–Kier alpha value is -0.450. The zero-order valence-electron chi connectivity index (χ0n) is 9.24. The SMILES string of the molecule is CC(CCCN)c1nc2ccc(Br)cc2s1. The first kappa shape index (κ1) is 12.0. The van der Waals surface area contributed by atoms with Crippen LogP contribution < -0.4 is 5.73 Å². The Balaban J connectivity index is 2.25. The van der Waals surface area contributed by atoms with Crippen LogP contribution in [0, 0.1) is 0 Å². The van der Waals surface area contributed by atoms with E-state index in [9.17, 15) is 0 Å². The van der Waals surface area contributed by atoms with Gasteiger partial charge in [-0.15, -0.1) is 11.3 Å². The van der Waals surface area contributed by atoms with Gasteiger partial charge < -0.3 is 5.73 Å². The molecule has 1 atom stereocenters. The number of hydrogen-bond donors (Lipinski definition) is 1. The van der Waals surface area contributed by atoms with Gasteiger partial charge in [0.05, 0.1) is 15.2 Å². The first-order chi connectivity index (χ1) is 7.70. The minimum Gasteiger partial charge on any atom is -0.330 e. The molecule has 1 aromatic heterocycles. The fourth-order valence-corrected chi connectivity index (χ4v) is 3.28. The molecule has 0 saturated carbocycles. The smallest absolute Gasteiger partial charge is 0.0966 e. The highest BCUT2D eigenvalue weighted by atomic mass is 79.9. The average molecular weight is 299 g/mol. The number of hydrogen-bond acceptors (Lipinski definition) is 3. The third kappa shape index (κ3) is 2.62. The van der Waals surface area contributed by atoms with E-state index in [0.29, 0.717) is 5.92 Å². The molecular formula is C12H15BrN2S. The second-order valence-corrected chi connectivity index (χ2v) is 5.97. The molecule has 0 aliphatic heterocycles. The number of aromatic nitrogens is 1. The van der Waals surface area contributed by atoms with Crippen molar-refractivity contribution in [3.05, 3.63) is 27.7 Å². The van der Waals surface area contributed by atoms with Crippen molar-refractivity contribution in [2.75, 3.05) is 6.54 Å². The normalized spacial score (nSPS) is 13.2. The molecule has 2 aromatic rings. The Labute approximate surface area is 108 Å². The molecule has 16 heavy (non-hydrogen) atoms. The largest absolute Gasteiger partial charge is 0.330 e. The highest BCUT2D eigenvalue weighted by Gasteiger charge is 2.11. The molecular weight excluding hydrogens is 284 g/mol. The maximum atomic E-state index is 5.53. The summed E-state index contributed by atoms with van der Waals surface area (Å²) in [5, 5.41) is 1.22. The number of halogens is 1. The molecule has 2 N–H and O–H groups in total. The van der Waals surface area contributed by atoms with E-state index in [1.807, 2.05) is 6.07 Å². The van der Waals surface area contributed by atoms with Gasteiger partial charge in [-0.3, -0.25) is 0 Å². The second-order valence-electron chi connectivity index (χ2n) is 4.00. The first-order valence-corrected chi connectivity index (χ1v) is 7.07. The van der Waals surface area contributed by atoms with E-state index in [2.05, 4.69) is 40.0 Å². The Morgan fingerprint density at radius 1 is 1.50 bits per heavy atom. The molecule has 2 rings (SSSR count). The Bertz CT molecular complexity index is 481. The highest BCUT2D eigenvalue weighted by Crippen LogP contribution is 2.31. The van der Waals surface area contributed by atoms with Gasteiger partial charge >= 0.3 is 0 Å². The lowest BCUT2D eigenvalue weighted by Crippen LogP contribution is -2.01. The molecule has 0 fully saturated rings. The van der Waals surface area contributed by atoms with Crippen molar-refractivity contribution in [3.63, 3.8) is 0 Å². The quantitative estimate of drug-likeness (QED) is 0.930. The molecule has 0 saturated heterocycles. The number of nitrogens with zero attached hydrogens (tertiary/aromatic N) is 1. The highest BCUT2D eigenvalue weighted by molar-refractivity contribution is 9.10. The summed E-state index contributed by atoms with van der Waals surface area (Å²) in [7, 11) is 0. The van der Waals surface area contributed by atoms with Gasteiger partial charge in [-0.05, 0) is 37.6 Å². The van der Waals surface area contributed by atoms with Gasteiger partial charge in [0.25, 0.3) is 0 Å². The molecule has 0 bridgehead atoms. The summed E-state index contributed by atoms with van der Waals surface area (Å²) in [6.07, 6.45) is 2.19. The van der Waals surface area contributed by atoms with Crippen LogP contribution in [0.2, 0.25) is 0 Å². The fourth-order valence-electron chi connectivity index (χ4n) is 1.67. The van der Waals surface area contributed by atoms with Crippen LogP contribution >= 0.6 is 27.3 Å². The molecule has 0 spiro atoms. The van der Waals surface area contributed by atoms with Gasteiger partial charge in [-0.1, -0.05) is 22.9 Å². The summed E-state index contributed by atoms with van der Waals surface area (Å²) >= 11 is 5.27. The molecule has 0 radical (unpaired) electrons. The standard InChI is InChI=1S/C12H15BrN2S/c1-8(3-2-6-14)12-15-10-5-4-9(13)7-11(10)16-12/h4-5,7-8H,2-3,6,14H2,1H3. The third-order valence-corrected chi connectivity index (χ3v) is 4.37. The Kier molecular flexibility index (Phi) is 3.95. The van der Waals surface area contributed by atoms with Gasteiger partial charge in [0, 0.05) is 10.4 Å². The number of benzene rings is 1. The lowest BCUT2D eigenvalue weighted by Gasteiger charge is -2.05. The Morgan fingerprint density at radius 2 is 2.31 bits per heavy atom. The van der Waals surface area contributed by atoms with Crippen LogP contribution in [0.4, 0.5) is 0 Å². The van der Waals surface area contributed by atoms with E-state index >= 15 is 0 Å². The van der Waals surface area contributed by atoms with Crippen molar-refractivity contribution < 1.29 is 0 Å². The number of fused-ring (bicyclic) bond motifs is 1. The van der Waals surface area contributed by atoms with Gasteiger partial charge in [-0.25, -0.2) is 4.98 Å². The molecule has 1 unspecified atom stereocenters. The van der Waals surface area contributed by atoms with Crippen LogP contribution in [0.3, 0.4) is 0 Å². The van der Waals surface area contributed by atoms with Gasteiger partial charge in [-0.2, -0.15) is 0 Å². The molecule has 4 heteroatoms.